The molecule has 1 aliphatic rings. The highest BCUT2D eigenvalue weighted by atomic mass is 16.5. The van der Waals surface area contributed by atoms with Crippen LogP contribution in [0.5, 0.6) is 0 Å². The second kappa shape index (κ2) is 8.03. The van der Waals surface area contributed by atoms with Gasteiger partial charge in [0, 0.05) is 24.7 Å². The van der Waals surface area contributed by atoms with Crippen molar-refractivity contribution in [2.45, 2.75) is 51.6 Å². The standard InChI is InChI=1S/C22H24N4O3/c1-3-18(21(28)23-12-15-6-4-14(2)5-7-15)26-13-17(10-11-19(26)27)22-24-20(25-29-22)16-8-9-16/h4-7,10-11,13,16,18H,3,8-9,12H2,1-2H3,(H,23,28)/t18-/m1/s1. The summed E-state index contributed by atoms with van der Waals surface area (Å²) in [4.78, 5) is 29.7. The van der Waals surface area contributed by atoms with Crippen LogP contribution in [0.3, 0.4) is 0 Å². The molecule has 1 atom stereocenters. The summed E-state index contributed by atoms with van der Waals surface area (Å²) < 4.78 is 6.80. The molecular weight excluding hydrogens is 368 g/mol. The van der Waals surface area contributed by atoms with Crippen molar-refractivity contribution in [1.29, 1.82) is 0 Å². The summed E-state index contributed by atoms with van der Waals surface area (Å²) in [5, 5.41) is 6.95. The topological polar surface area (TPSA) is 90.0 Å². The molecule has 1 aromatic carbocycles. The number of hydrogen-bond donors (Lipinski definition) is 1. The number of nitrogens with zero attached hydrogens (tertiary/aromatic N) is 3. The minimum atomic E-state index is -0.612. The molecular formula is C22H24N4O3. The van der Waals surface area contributed by atoms with Crippen LogP contribution in [-0.4, -0.2) is 20.6 Å². The first kappa shape index (κ1) is 19.1. The van der Waals surface area contributed by atoms with Crippen molar-refractivity contribution < 1.29 is 9.32 Å². The lowest BCUT2D eigenvalue weighted by molar-refractivity contribution is -0.124. The van der Waals surface area contributed by atoms with E-state index in [1.807, 2.05) is 38.1 Å². The number of rotatable bonds is 7. The van der Waals surface area contributed by atoms with Gasteiger partial charge in [-0.15, -0.1) is 0 Å². The minimum Gasteiger partial charge on any atom is -0.350 e. The smallest absolute Gasteiger partial charge is 0.259 e. The molecule has 29 heavy (non-hydrogen) atoms. The van der Waals surface area contributed by atoms with E-state index in [1.54, 1.807) is 12.3 Å². The number of carbonyl (C=O) groups is 1. The van der Waals surface area contributed by atoms with Gasteiger partial charge in [-0.05, 0) is 37.8 Å². The third kappa shape index (κ3) is 4.29. The molecule has 7 heteroatoms. The molecule has 1 aliphatic carbocycles. The van der Waals surface area contributed by atoms with E-state index in [9.17, 15) is 9.59 Å². The van der Waals surface area contributed by atoms with Crippen molar-refractivity contribution >= 4 is 5.91 Å². The van der Waals surface area contributed by atoms with Gasteiger partial charge in [0.1, 0.15) is 6.04 Å². The Bertz CT molecular complexity index is 1060. The Balaban J connectivity index is 1.53. The summed E-state index contributed by atoms with van der Waals surface area (Å²) in [6.07, 6.45) is 4.28. The highest BCUT2D eigenvalue weighted by molar-refractivity contribution is 5.80. The maximum Gasteiger partial charge on any atom is 0.259 e. The number of aryl methyl sites for hydroxylation is 1. The molecule has 150 valence electrons. The van der Waals surface area contributed by atoms with Crippen molar-refractivity contribution in [3.05, 3.63) is 69.9 Å². The van der Waals surface area contributed by atoms with Crippen LogP contribution in [-0.2, 0) is 11.3 Å². The number of nitrogens with one attached hydrogen (secondary N) is 1. The van der Waals surface area contributed by atoms with Gasteiger partial charge in [-0.2, -0.15) is 4.98 Å². The maximum atomic E-state index is 12.8. The molecule has 1 fully saturated rings. The lowest BCUT2D eigenvalue weighted by Gasteiger charge is -2.18. The Morgan fingerprint density at radius 2 is 2.00 bits per heavy atom. The zero-order valence-electron chi connectivity index (χ0n) is 16.6. The van der Waals surface area contributed by atoms with E-state index in [-0.39, 0.29) is 11.5 Å². The highest BCUT2D eigenvalue weighted by Gasteiger charge is 2.29. The number of amides is 1. The molecule has 0 radical (unpaired) electrons. The lowest BCUT2D eigenvalue weighted by atomic mass is 10.1. The summed E-state index contributed by atoms with van der Waals surface area (Å²) in [7, 11) is 0. The average Bonchev–Trinajstić information content (AvgIpc) is 3.46. The van der Waals surface area contributed by atoms with Gasteiger partial charge in [-0.25, -0.2) is 0 Å². The highest BCUT2D eigenvalue weighted by Crippen LogP contribution is 2.38. The van der Waals surface area contributed by atoms with Crippen LogP contribution in [0, 0.1) is 6.92 Å². The molecule has 7 nitrogen and oxygen atoms in total. The van der Waals surface area contributed by atoms with Crippen LogP contribution in [0.1, 0.15) is 55.1 Å². The fourth-order valence-electron chi connectivity index (χ4n) is 3.25. The largest absolute Gasteiger partial charge is 0.350 e. The molecule has 0 spiro atoms. The molecule has 3 aromatic rings. The van der Waals surface area contributed by atoms with Crippen LogP contribution < -0.4 is 10.9 Å². The van der Waals surface area contributed by atoms with Gasteiger partial charge in [0.2, 0.25) is 5.91 Å². The Labute approximate surface area is 168 Å². The van der Waals surface area contributed by atoms with Crippen LogP contribution >= 0.6 is 0 Å². The first-order chi connectivity index (χ1) is 14.0. The molecule has 0 aliphatic heterocycles. The molecule has 2 heterocycles. The zero-order chi connectivity index (χ0) is 20.4. The summed E-state index contributed by atoms with van der Waals surface area (Å²) >= 11 is 0. The number of pyridine rings is 1. The normalized spacial score (nSPS) is 14.6. The van der Waals surface area contributed by atoms with Crippen LogP contribution in [0.2, 0.25) is 0 Å². The minimum absolute atomic E-state index is 0.198. The van der Waals surface area contributed by atoms with E-state index < -0.39 is 6.04 Å². The number of carbonyl (C=O) groups excluding carboxylic acids is 1. The SMILES string of the molecule is CC[C@H](C(=O)NCc1ccc(C)cc1)n1cc(-c2nc(C3CC3)no2)ccc1=O. The number of hydrogen-bond acceptors (Lipinski definition) is 5. The Kier molecular flexibility index (Phi) is 5.29. The molecule has 2 aromatic heterocycles. The van der Waals surface area contributed by atoms with E-state index in [0.29, 0.717) is 36.2 Å². The van der Waals surface area contributed by atoms with Crippen molar-refractivity contribution in [2.24, 2.45) is 0 Å². The first-order valence-corrected chi connectivity index (χ1v) is 9.94. The molecule has 0 unspecified atom stereocenters. The van der Waals surface area contributed by atoms with Gasteiger partial charge in [-0.3, -0.25) is 9.59 Å². The Hall–Kier alpha value is -3.22. The molecule has 0 bridgehead atoms. The predicted octanol–water partition coefficient (Wildman–Crippen LogP) is 3.35. The number of benzene rings is 1. The van der Waals surface area contributed by atoms with Gasteiger partial charge in [-0.1, -0.05) is 41.9 Å². The van der Waals surface area contributed by atoms with Crippen LogP contribution in [0.25, 0.3) is 11.5 Å². The van der Waals surface area contributed by atoms with Crippen LogP contribution in [0.4, 0.5) is 0 Å². The van der Waals surface area contributed by atoms with Gasteiger partial charge in [0.15, 0.2) is 5.82 Å². The fraction of sp³-hybridized carbons (Fsp3) is 0.364. The molecule has 1 amide bonds. The predicted molar refractivity (Wildman–Crippen MR) is 108 cm³/mol. The van der Waals surface area contributed by atoms with Crippen molar-refractivity contribution in [1.82, 2.24) is 20.0 Å². The fourth-order valence-corrected chi connectivity index (χ4v) is 3.25. The third-order valence-corrected chi connectivity index (χ3v) is 5.18. The van der Waals surface area contributed by atoms with E-state index >= 15 is 0 Å². The number of aromatic nitrogens is 3. The molecule has 4 rings (SSSR count). The third-order valence-electron chi connectivity index (χ3n) is 5.18. The van der Waals surface area contributed by atoms with Gasteiger partial charge in [0.25, 0.3) is 11.4 Å². The first-order valence-electron chi connectivity index (χ1n) is 9.94. The van der Waals surface area contributed by atoms with Crippen molar-refractivity contribution in [3.8, 4) is 11.5 Å². The zero-order valence-corrected chi connectivity index (χ0v) is 16.6. The van der Waals surface area contributed by atoms with E-state index in [4.69, 9.17) is 4.52 Å². The van der Waals surface area contributed by atoms with E-state index in [1.165, 1.54) is 16.2 Å². The Morgan fingerprint density at radius 3 is 2.69 bits per heavy atom. The molecule has 0 saturated heterocycles. The van der Waals surface area contributed by atoms with Crippen molar-refractivity contribution in [3.63, 3.8) is 0 Å². The summed E-state index contributed by atoms with van der Waals surface area (Å²) in [6.45, 7) is 4.32. The van der Waals surface area contributed by atoms with Crippen LogP contribution in [0.15, 0.2) is 51.9 Å². The second-order valence-electron chi connectivity index (χ2n) is 7.52. The second-order valence-corrected chi connectivity index (χ2v) is 7.52. The van der Waals surface area contributed by atoms with Gasteiger partial charge < -0.3 is 14.4 Å². The molecule has 1 saturated carbocycles. The quantitative estimate of drug-likeness (QED) is 0.666. The lowest BCUT2D eigenvalue weighted by Crippen LogP contribution is -2.36. The average molecular weight is 392 g/mol. The van der Waals surface area contributed by atoms with Gasteiger partial charge >= 0.3 is 0 Å². The van der Waals surface area contributed by atoms with Crippen molar-refractivity contribution in [2.75, 3.05) is 0 Å². The van der Waals surface area contributed by atoms with E-state index in [0.717, 1.165) is 18.4 Å². The van der Waals surface area contributed by atoms with Gasteiger partial charge in [0.05, 0.1) is 5.56 Å². The Morgan fingerprint density at radius 1 is 1.24 bits per heavy atom. The summed E-state index contributed by atoms with van der Waals surface area (Å²) in [5.74, 6) is 1.27. The maximum absolute atomic E-state index is 12.8. The summed E-state index contributed by atoms with van der Waals surface area (Å²) in [6, 6.07) is 10.5. The molecule has 1 N–H and O–H groups in total. The van der Waals surface area contributed by atoms with E-state index in [2.05, 4.69) is 15.5 Å². The summed E-state index contributed by atoms with van der Waals surface area (Å²) in [5.41, 5.74) is 2.57. The monoisotopic (exact) mass is 392 g/mol.